The Morgan fingerprint density at radius 3 is 2.38 bits per heavy atom. The molecule has 2 heterocycles. The molecule has 0 unspecified atom stereocenters. The Kier molecular flexibility index (Phi) is 5.91. The van der Waals surface area contributed by atoms with E-state index in [1.54, 1.807) is 32.4 Å². The van der Waals surface area contributed by atoms with Gasteiger partial charge in [0.1, 0.15) is 0 Å². The molecule has 0 bridgehead atoms. The van der Waals surface area contributed by atoms with Crippen LogP contribution in [0.1, 0.15) is 5.56 Å². The Labute approximate surface area is 153 Å². The number of hydrogen-bond acceptors (Lipinski definition) is 5. The van der Waals surface area contributed by atoms with Crippen molar-refractivity contribution in [3.05, 3.63) is 48.3 Å². The van der Waals surface area contributed by atoms with Gasteiger partial charge in [0.15, 0.2) is 11.5 Å². The molecule has 1 aromatic heterocycles. The van der Waals surface area contributed by atoms with Gasteiger partial charge in [-0.2, -0.15) is 0 Å². The molecule has 2 aromatic rings. The molecule has 1 aromatic carbocycles. The highest BCUT2D eigenvalue weighted by Gasteiger charge is 2.21. The van der Waals surface area contributed by atoms with Gasteiger partial charge in [0.25, 0.3) is 0 Å². The second-order valence-electron chi connectivity index (χ2n) is 6.12. The van der Waals surface area contributed by atoms with Gasteiger partial charge < -0.3 is 19.7 Å². The predicted octanol–water partition coefficient (Wildman–Crippen LogP) is 2.45. The third kappa shape index (κ3) is 4.43. The number of methoxy groups -OCH3 is 2. The molecule has 26 heavy (non-hydrogen) atoms. The molecule has 138 valence electrons. The summed E-state index contributed by atoms with van der Waals surface area (Å²) in [5.41, 5.74) is 1.93. The maximum absolute atomic E-state index is 12.5. The van der Waals surface area contributed by atoms with Gasteiger partial charge in [0.05, 0.1) is 14.2 Å². The first-order valence-corrected chi connectivity index (χ1v) is 8.59. The average molecular weight is 356 g/mol. The Bertz CT molecular complexity index is 731. The Morgan fingerprint density at radius 2 is 1.73 bits per heavy atom. The van der Waals surface area contributed by atoms with Gasteiger partial charge in [-0.25, -0.2) is 4.79 Å². The summed E-state index contributed by atoms with van der Waals surface area (Å²) in [6.45, 7) is 3.98. The molecule has 1 saturated heterocycles. The van der Waals surface area contributed by atoms with Crippen molar-refractivity contribution >= 4 is 11.7 Å². The van der Waals surface area contributed by atoms with Crippen molar-refractivity contribution in [1.82, 2.24) is 14.8 Å². The number of aromatic nitrogens is 1. The van der Waals surface area contributed by atoms with E-state index in [1.165, 1.54) is 5.56 Å². The molecule has 7 nitrogen and oxygen atoms in total. The van der Waals surface area contributed by atoms with Crippen LogP contribution in [0.3, 0.4) is 0 Å². The number of anilines is 1. The first-order chi connectivity index (χ1) is 12.7. The molecule has 1 fully saturated rings. The smallest absolute Gasteiger partial charge is 0.321 e. The maximum Gasteiger partial charge on any atom is 0.321 e. The third-order valence-corrected chi connectivity index (χ3v) is 4.45. The number of pyridine rings is 1. The summed E-state index contributed by atoms with van der Waals surface area (Å²) in [4.78, 5) is 20.7. The number of benzene rings is 1. The zero-order valence-corrected chi connectivity index (χ0v) is 15.1. The number of piperazine rings is 1. The molecule has 2 amide bonds. The summed E-state index contributed by atoms with van der Waals surface area (Å²) in [5, 5.41) is 2.93. The SMILES string of the molecule is COc1ccc(NC(=O)N2CCN(Cc3ccncc3)CC2)cc1OC. The summed E-state index contributed by atoms with van der Waals surface area (Å²) in [5.74, 6) is 1.22. The Morgan fingerprint density at radius 1 is 1.04 bits per heavy atom. The lowest BCUT2D eigenvalue weighted by molar-refractivity contribution is 0.143. The first-order valence-electron chi connectivity index (χ1n) is 8.59. The number of amides is 2. The van der Waals surface area contributed by atoms with Gasteiger partial charge in [-0.3, -0.25) is 9.88 Å². The summed E-state index contributed by atoms with van der Waals surface area (Å²) in [6, 6.07) is 9.30. The van der Waals surface area contributed by atoms with Crippen molar-refractivity contribution in [2.24, 2.45) is 0 Å². The van der Waals surface area contributed by atoms with E-state index in [0.717, 1.165) is 19.6 Å². The highest BCUT2D eigenvalue weighted by molar-refractivity contribution is 5.89. The van der Waals surface area contributed by atoms with Crippen molar-refractivity contribution in [2.75, 3.05) is 45.7 Å². The van der Waals surface area contributed by atoms with E-state index in [2.05, 4.69) is 15.2 Å². The molecule has 0 saturated carbocycles. The lowest BCUT2D eigenvalue weighted by Gasteiger charge is -2.34. The average Bonchev–Trinajstić information content (AvgIpc) is 2.69. The van der Waals surface area contributed by atoms with Gasteiger partial charge in [-0.15, -0.1) is 0 Å². The van der Waals surface area contributed by atoms with Crippen LogP contribution in [0.15, 0.2) is 42.7 Å². The van der Waals surface area contributed by atoms with Crippen LogP contribution in [0.4, 0.5) is 10.5 Å². The fourth-order valence-electron chi connectivity index (χ4n) is 2.97. The summed E-state index contributed by atoms with van der Waals surface area (Å²) in [7, 11) is 3.16. The van der Waals surface area contributed by atoms with E-state index < -0.39 is 0 Å². The van der Waals surface area contributed by atoms with Crippen LogP contribution in [0.25, 0.3) is 0 Å². The van der Waals surface area contributed by atoms with Crippen LogP contribution in [0.2, 0.25) is 0 Å². The van der Waals surface area contributed by atoms with E-state index in [9.17, 15) is 4.79 Å². The first kappa shape index (κ1) is 18.0. The van der Waals surface area contributed by atoms with Gasteiger partial charge >= 0.3 is 6.03 Å². The van der Waals surface area contributed by atoms with Crippen molar-refractivity contribution in [2.45, 2.75) is 6.54 Å². The van der Waals surface area contributed by atoms with Gasteiger partial charge in [0, 0.05) is 56.9 Å². The van der Waals surface area contributed by atoms with Crippen molar-refractivity contribution in [3.8, 4) is 11.5 Å². The highest BCUT2D eigenvalue weighted by atomic mass is 16.5. The maximum atomic E-state index is 12.5. The van der Waals surface area contributed by atoms with Crippen LogP contribution in [-0.2, 0) is 6.54 Å². The molecule has 0 radical (unpaired) electrons. The van der Waals surface area contributed by atoms with Crippen LogP contribution in [-0.4, -0.2) is 61.2 Å². The number of ether oxygens (including phenoxy) is 2. The van der Waals surface area contributed by atoms with E-state index >= 15 is 0 Å². The molecule has 3 rings (SSSR count). The predicted molar refractivity (Wildman–Crippen MR) is 99.7 cm³/mol. The lowest BCUT2D eigenvalue weighted by atomic mass is 10.2. The number of carbonyl (C=O) groups is 1. The Hall–Kier alpha value is -2.80. The summed E-state index contributed by atoms with van der Waals surface area (Å²) in [6.07, 6.45) is 3.62. The number of hydrogen-bond donors (Lipinski definition) is 1. The van der Waals surface area contributed by atoms with E-state index in [0.29, 0.717) is 30.3 Å². The van der Waals surface area contributed by atoms with Gasteiger partial charge in [-0.1, -0.05) is 0 Å². The van der Waals surface area contributed by atoms with E-state index in [-0.39, 0.29) is 6.03 Å². The fourth-order valence-corrected chi connectivity index (χ4v) is 2.97. The van der Waals surface area contributed by atoms with Crippen LogP contribution < -0.4 is 14.8 Å². The molecule has 1 aliphatic heterocycles. The molecule has 1 aliphatic rings. The van der Waals surface area contributed by atoms with Crippen LogP contribution >= 0.6 is 0 Å². The van der Waals surface area contributed by atoms with E-state index in [1.807, 2.05) is 29.4 Å². The minimum absolute atomic E-state index is 0.0965. The molecule has 7 heteroatoms. The largest absolute Gasteiger partial charge is 0.493 e. The van der Waals surface area contributed by atoms with Gasteiger partial charge in [0.2, 0.25) is 0 Å². The molecule has 1 N–H and O–H groups in total. The number of urea groups is 1. The second kappa shape index (κ2) is 8.53. The zero-order chi connectivity index (χ0) is 18.4. The zero-order valence-electron chi connectivity index (χ0n) is 15.1. The molecule has 0 aliphatic carbocycles. The molecule has 0 spiro atoms. The van der Waals surface area contributed by atoms with Crippen molar-refractivity contribution in [3.63, 3.8) is 0 Å². The minimum Gasteiger partial charge on any atom is -0.493 e. The monoisotopic (exact) mass is 356 g/mol. The van der Waals surface area contributed by atoms with Crippen molar-refractivity contribution in [1.29, 1.82) is 0 Å². The van der Waals surface area contributed by atoms with E-state index in [4.69, 9.17) is 9.47 Å². The van der Waals surface area contributed by atoms with Gasteiger partial charge in [-0.05, 0) is 29.8 Å². The standard InChI is InChI=1S/C19H24N4O3/c1-25-17-4-3-16(13-18(17)26-2)21-19(24)23-11-9-22(10-12-23)14-15-5-7-20-8-6-15/h3-8,13H,9-12,14H2,1-2H3,(H,21,24). The second-order valence-corrected chi connectivity index (χ2v) is 6.12. The topological polar surface area (TPSA) is 66.9 Å². The molecular weight excluding hydrogens is 332 g/mol. The number of carbonyl (C=O) groups excluding carboxylic acids is 1. The summed E-state index contributed by atoms with van der Waals surface area (Å²) < 4.78 is 10.5. The lowest BCUT2D eigenvalue weighted by Crippen LogP contribution is -2.49. The Balaban J connectivity index is 1.52. The van der Waals surface area contributed by atoms with Crippen molar-refractivity contribution < 1.29 is 14.3 Å². The molecular formula is C19H24N4O3. The minimum atomic E-state index is -0.0965. The fraction of sp³-hybridized carbons (Fsp3) is 0.368. The highest BCUT2D eigenvalue weighted by Crippen LogP contribution is 2.29. The van der Waals surface area contributed by atoms with Crippen LogP contribution in [0.5, 0.6) is 11.5 Å². The number of nitrogens with one attached hydrogen (secondary N) is 1. The van der Waals surface area contributed by atoms with Crippen LogP contribution in [0, 0.1) is 0 Å². The quantitative estimate of drug-likeness (QED) is 0.891. The number of nitrogens with zero attached hydrogens (tertiary/aromatic N) is 3. The molecule has 0 atom stereocenters. The third-order valence-electron chi connectivity index (χ3n) is 4.45. The normalized spacial score (nSPS) is 14.8. The summed E-state index contributed by atoms with van der Waals surface area (Å²) >= 11 is 0. The number of rotatable bonds is 5.